The van der Waals surface area contributed by atoms with Crippen molar-refractivity contribution in [1.29, 1.82) is 0 Å². The van der Waals surface area contributed by atoms with Crippen LogP contribution in [0.4, 0.5) is 5.00 Å². The van der Waals surface area contributed by atoms with Gasteiger partial charge in [0.15, 0.2) is 0 Å². The fraction of sp³-hybridized carbons (Fsp3) is 0.368. The summed E-state index contributed by atoms with van der Waals surface area (Å²) in [5.74, 6) is -0.0624. The molecule has 0 bridgehead atoms. The summed E-state index contributed by atoms with van der Waals surface area (Å²) in [7, 11) is 0. The first kappa shape index (κ1) is 17.2. The lowest BCUT2D eigenvalue weighted by Crippen LogP contribution is -2.12. The second kappa shape index (κ2) is 7.95. The zero-order valence-corrected chi connectivity index (χ0v) is 15.3. The number of rotatable bonds is 6. The third-order valence-corrected chi connectivity index (χ3v) is 5.39. The largest absolute Gasteiger partial charge is 0.316 e. The number of hydrogen-bond acceptors (Lipinski definition) is 3. The summed E-state index contributed by atoms with van der Waals surface area (Å²) >= 11 is 7.80. The van der Waals surface area contributed by atoms with Gasteiger partial charge in [-0.3, -0.25) is 9.79 Å². The minimum Gasteiger partial charge on any atom is -0.316 e. The Balaban J connectivity index is 1.89. The number of unbranched alkanes of at least 4 members (excludes halogenated alkanes) is 3. The Kier molecular flexibility index (Phi) is 5.69. The Bertz CT molecular complexity index is 766. The van der Waals surface area contributed by atoms with Gasteiger partial charge in [0.25, 0.3) is 0 Å². The predicted molar refractivity (Wildman–Crippen MR) is 103 cm³/mol. The smallest absolute Gasteiger partial charge is 0.246 e. The van der Waals surface area contributed by atoms with E-state index >= 15 is 0 Å². The van der Waals surface area contributed by atoms with Crippen LogP contribution in [-0.2, 0) is 11.2 Å². The molecule has 0 spiro atoms. The minimum absolute atomic E-state index is 0.0624. The average Bonchev–Trinajstić information content (AvgIpc) is 2.87. The van der Waals surface area contributed by atoms with Crippen molar-refractivity contribution in [3.63, 3.8) is 0 Å². The van der Waals surface area contributed by atoms with Crippen molar-refractivity contribution >= 4 is 39.6 Å². The highest BCUT2D eigenvalue weighted by atomic mass is 35.5. The molecule has 126 valence electrons. The van der Waals surface area contributed by atoms with Crippen molar-refractivity contribution < 1.29 is 4.79 Å². The molecule has 1 N–H and O–H groups in total. The number of aliphatic imine (C=N–C) groups is 1. The normalized spacial score (nSPS) is 13.9. The number of amides is 1. The van der Waals surface area contributed by atoms with E-state index in [2.05, 4.69) is 23.3 Å². The van der Waals surface area contributed by atoms with Gasteiger partial charge < -0.3 is 5.32 Å². The van der Waals surface area contributed by atoms with Gasteiger partial charge in [-0.05, 0) is 31.0 Å². The van der Waals surface area contributed by atoms with Crippen LogP contribution in [0.3, 0.4) is 0 Å². The third-order valence-electron chi connectivity index (χ3n) is 4.05. The first-order valence-electron chi connectivity index (χ1n) is 8.40. The number of anilines is 1. The van der Waals surface area contributed by atoms with Crippen LogP contribution in [0.15, 0.2) is 35.3 Å². The fourth-order valence-electron chi connectivity index (χ4n) is 2.84. The SMILES string of the molecule is CCCCCCc1cc2c(s1)NC(=O)CN=C2c1cccc(Cl)c1. The van der Waals surface area contributed by atoms with E-state index < -0.39 is 0 Å². The molecule has 0 fully saturated rings. The number of carbonyl (C=O) groups excluding carboxylic acids is 1. The molecular weight excluding hydrogens is 340 g/mol. The summed E-state index contributed by atoms with van der Waals surface area (Å²) in [5, 5.41) is 4.57. The zero-order chi connectivity index (χ0) is 16.9. The number of halogens is 1. The van der Waals surface area contributed by atoms with Gasteiger partial charge in [0.1, 0.15) is 11.5 Å². The quantitative estimate of drug-likeness (QED) is 0.696. The van der Waals surface area contributed by atoms with E-state index in [1.165, 1.54) is 30.6 Å². The van der Waals surface area contributed by atoms with Crippen LogP contribution < -0.4 is 5.32 Å². The number of hydrogen-bond donors (Lipinski definition) is 1. The van der Waals surface area contributed by atoms with E-state index in [1.54, 1.807) is 11.3 Å². The number of aryl methyl sites for hydroxylation is 1. The molecule has 1 aromatic carbocycles. The van der Waals surface area contributed by atoms with Crippen LogP contribution in [0, 0.1) is 0 Å². The Morgan fingerprint density at radius 1 is 1.25 bits per heavy atom. The van der Waals surface area contributed by atoms with Crippen molar-refractivity contribution in [3.8, 4) is 0 Å². The average molecular weight is 361 g/mol. The van der Waals surface area contributed by atoms with Crippen molar-refractivity contribution in [2.75, 3.05) is 11.9 Å². The Labute approximate surface area is 151 Å². The molecule has 5 heteroatoms. The first-order valence-corrected chi connectivity index (χ1v) is 9.60. The second-order valence-electron chi connectivity index (χ2n) is 5.99. The maximum Gasteiger partial charge on any atom is 0.246 e. The van der Waals surface area contributed by atoms with E-state index in [0.29, 0.717) is 5.02 Å². The highest BCUT2D eigenvalue weighted by Gasteiger charge is 2.21. The number of benzene rings is 1. The maximum atomic E-state index is 12.0. The standard InChI is InChI=1S/C19H21ClN2OS/c1-2-3-4-5-9-15-11-16-18(13-7-6-8-14(20)10-13)21-12-17(23)22-19(16)24-15/h6-8,10-11H,2-5,9,12H2,1H3,(H,22,23). The van der Waals surface area contributed by atoms with E-state index in [4.69, 9.17) is 11.6 Å². The van der Waals surface area contributed by atoms with Gasteiger partial charge in [0.05, 0.1) is 5.71 Å². The monoisotopic (exact) mass is 360 g/mol. The van der Waals surface area contributed by atoms with Gasteiger partial charge in [-0.25, -0.2) is 0 Å². The molecule has 1 aromatic heterocycles. The van der Waals surface area contributed by atoms with Gasteiger partial charge in [-0.15, -0.1) is 11.3 Å². The first-order chi connectivity index (χ1) is 11.7. The van der Waals surface area contributed by atoms with Crippen LogP contribution >= 0.6 is 22.9 Å². The lowest BCUT2D eigenvalue weighted by atomic mass is 10.0. The molecule has 2 aromatic rings. The lowest BCUT2D eigenvalue weighted by Gasteiger charge is -2.05. The van der Waals surface area contributed by atoms with E-state index in [1.807, 2.05) is 24.3 Å². The van der Waals surface area contributed by atoms with Crippen LogP contribution in [-0.4, -0.2) is 18.2 Å². The van der Waals surface area contributed by atoms with Crippen LogP contribution in [0.5, 0.6) is 0 Å². The Morgan fingerprint density at radius 2 is 2.12 bits per heavy atom. The molecule has 3 rings (SSSR count). The van der Waals surface area contributed by atoms with Crippen molar-refractivity contribution in [3.05, 3.63) is 51.4 Å². The summed E-state index contributed by atoms with van der Waals surface area (Å²) in [4.78, 5) is 17.8. The molecule has 0 atom stereocenters. The number of nitrogens with zero attached hydrogens (tertiary/aromatic N) is 1. The van der Waals surface area contributed by atoms with Crippen LogP contribution in [0.25, 0.3) is 0 Å². The summed E-state index contributed by atoms with van der Waals surface area (Å²) in [6.45, 7) is 2.37. The highest BCUT2D eigenvalue weighted by Crippen LogP contribution is 2.33. The fourth-order valence-corrected chi connectivity index (χ4v) is 4.15. The van der Waals surface area contributed by atoms with E-state index in [9.17, 15) is 4.79 Å². The van der Waals surface area contributed by atoms with Gasteiger partial charge in [0.2, 0.25) is 5.91 Å². The van der Waals surface area contributed by atoms with Crippen molar-refractivity contribution in [2.45, 2.75) is 39.0 Å². The molecule has 2 heterocycles. The van der Waals surface area contributed by atoms with Crippen LogP contribution in [0.2, 0.25) is 5.02 Å². The maximum absolute atomic E-state index is 12.0. The van der Waals surface area contributed by atoms with Gasteiger partial charge in [-0.1, -0.05) is 49.9 Å². The lowest BCUT2D eigenvalue weighted by molar-refractivity contribution is -0.114. The van der Waals surface area contributed by atoms with Gasteiger partial charge in [-0.2, -0.15) is 0 Å². The molecular formula is C19H21ClN2OS. The summed E-state index contributed by atoms with van der Waals surface area (Å²) in [5.41, 5.74) is 2.82. The molecule has 0 unspecified atom stereocenters. The molecule has 3 nitrogen and oxygen atoms in total. The summed E-state index contributed by atoms with van der Waals surface area (Å²) < 4.78 is 0. The molecule has 0 saturated carbocycles. The Hall–Kier alpha value is -1.65. The van der Waals surface area contributed by atoms with Gasteiger partial charge in [0, 0.05) is 21.0 Å². The molecule has 0 radical (unpaired) electrons. The predicted octanol–water partition coefficient (Wildman–Crippen LogP) is 5.31. The number of carbonyl (C=O) groups is 1. The third kappa shape index (κ3) is 4.05. The minimum atomic E-state index is -0.0624. The molecule has 0 saturated heterocycles. The topological polar surface area (TPSA) is 41.5 Å². The molecule has 0 aliphatic carbocycles. The molecule has 1 aliphatic heterocycles. The number of fused-ring (bicyclic) bond motifs is 1. The van der Waals surface area contributed by atoms with Crippen molar-refractivity contribution in [2.24, 2.45) is 4.99 Å². The van der Waals surface area contributed by atoms with Crippen molar-refractivity contribution in [1.82, 2.24) is 0 Å². The van der Waals surface area contributed by atoms with E-state index in [-0.39, 0.29) is 12.5 Å². The second-order valence-corrected chi connectivity index (χ2v) is 7.56. The van der Waals surface area contributed by atoms with E-state index in [0.717, 1.165) is 28.3 Å². The molecule has 1 amide bonds. The summed E-state index contributed by atoms with van der Waals surface area (Å²) in [6.07, 6.45) is 6.00. The number of nitrogens with one attached hydrogen (secondary N) is 1. The van der Waals surface area contributed by atoms with Gasteiger partial charge >= 0.3 is 0 Å². The van der Waals surface area contributed by atoms with Crippen LogP contribution in [0.1, 0.15) is 48.6 Å². The zero-order valence-electron chi connectivity index (χ0n) is 13.8. The summed E-state index contributed by atoms with van der Waals surface area (Å²) in [6, 6.07) is 9.83. The number of thiophene rings is 1. The molecule has 1 aliphatic rings. The Morgan fingerprint density at radius 3 is 2.92 bits per heavy atom. The highest BCUT2D eigenvalue weighted by molar-refractivity contribution is 7.16. The molecule has 24 heavy (non-hydrogen) atoms.